The van der Waals surface area contributed by atoms with Crippen molar-refractivity contribution in [3.8, 4) is 0 Å². The summed E-state index contributed by atoms with van der Waals surface area (Å²) in [5.41, 5.74) is 0. The van der Waals surface area contributed by atoms with Gasteiger partial charge in [-0.2, -0.15) is 0 Å². The molecule has 0 saturated carbocycles. The van der Waals surface area contributed by atoms with E-state index in [2.05, 4.69) is 0 Å². The molecule has 0 aromatic rings. The van der Waals surface area contributed by atoms with Gasteiger partial charge in [0, 0.05) is 35.4 Å². The summed E-state index contributed by atoms with van der Waals surface area (Å²) in [6.45, 7) is 0. The molecule has 0 aliphatic carbocycles. The maximum Gasteiger partial charge on any atom is 0.466 e. The quantitative estimate of drug-likeness (QED) is 0.306. The molecule has 0 spiro atoms. The van der Waals surface area contributed by atoms with Crippen LogP contribution in [-0.2, 0) is 21.1 Å². The zero-order valence-electron chi connectivity index (χ0n) is 3.51. The van der Waals surface area contributed by atoms with Gasteiger partial charge in [-0.15, -0.1) is 0 Å². The number of rotatable bonds is 0. The normalized spacial score (nSPS) is 8.43. The minimum absolute atomic E-state index is 0. The molecule has 0 atom stereocenters. The molecule has 43 valence electrons. The van der Waals surface area contributed by atoms with Crippen molar-refractivity contribution < 1.29 is 35.7 Å². The molecule has 0 unspecified atom stereocenters. The zero-order chi connectivity index (χ0) is 4.50. The average molecular weight is 164 g/mol. The molecule has 0 heterocycles. The molecule has 0 fully saturated rings. The van der Waals surface area contributed by atoms with E-state index in [1.807, 2.05) is 0 Å². The monoisotopic (exact) mass is 163 g/mol. The number of hydrogen-bond acceptors (Lipinski definition) is 1. The largest absolute Gasteiger partial charge is 0.466 e. The van der Waals surface area contributed by atoms with E-state index in [1.165, 1.54) is 0 Å². The van der Waals surface area contributed by atoms with E-state index in [4.69, 9.17) is 19.2 Å². The predicted molar refractivity (Wildman–Crippen MR) is 20.0 cm³/mol. The first kappa shape index (κ1) is 15.7. The fourth-order valence-electron chi connectivity index (χ4n) is 0. The van der Waals surface area contributed by atoms with Gasteiger partial charge in [-0.25, -0.2) is 4.57 Å². The molecule has 3 N–H and O–H groups in total. The molecule has 0 rings (SSSR count). The molecule has 0 aliphatic heterocycles. The van der Waals surface area contributed by atoms with Crippen LogP contribution >= 0.6 is 7.82 Å². The second-order valence-corrected chi connectivity index (χ2v) is 1.54. The van der Waals surface area contributed by atoms with E-state index in [1.54, 1.807) is 0 Å². The van der Waals surface area contributed by atoms with Gasteiger partial charge in [0.25, 0.3) is 0 Å². The van der Waals surface area contributed by atoms with Crippen LogP contribution in [0.5, 0.6) is 0 Å². The van der Waals surface area contributed by atoms with Crippen molar-refractivity contribution in [1.29, 1.82) is 0 Å². The van der Waals surface area contributed by atoms with Crippen LogP contribution in [0.4, 0.5) is 0 Å². The van der Waals surface area contributed by atoms with Crippen LogP contribution in [0.25, 0.3) is 0 Å². The summed E-state index contributed by atoms with van der Waals surface area (Å²) in [4.78, 5) is 21.6. The summed E-state index contributed by atoms with van der Waals surface area (Å²) in [7, 11) is -4.64. The van der Waals surface area contributed by atoms with Crippen LogP contribution in [0.2, 0.25) is 0 Å². The molecule has 0 aromatic carbocycles. The molecular weight excluding hydrogens is 161 g/mol. The van der Waals surface area contributed by atoms with Crippen molar-refractivity contribution in [2.45, 2.75) is 0 Å². The van der Waals surface area contributed by atoms with Gasteiger partial charge in [0.2, 0.25) is 0 Å². The third kappa shape index (κ3) is 135. The van der Waals surface area contributed by atoms with E-state index in [0.717, 1.165) is 0 Å². The average Bonchev–Trinajstić information content (AvgIpc) is 0.722. The Kier molecular flexibility index (Phi) is 12.0. The molecular formula is H3LiNiO4P. The van der Waals surface area contributed by atoms with Crippen LogP contribution < -0.4 is 0 Å². The van der Waals surface area contributed by atoms with E-state index in [-0.39, 0.29) is 35.4 Å². The van der Waals surface area contributed by atoms with Crippen molar-refractivity contribution in [2.24, 2.45) is 0 Å². The van der Waals surface area contributed by atoms with E-state index in [9.17, 15) is 0 Å². The zero-order valence-corrected chi connectivity index (χ0v) is 5.40. The van der Waals surface area contributed by atoms with Gasteiger partial charge < -0.3 is 14.7 Å². The SMILES string of the molecule is O=P(O)(O)O.[Li].[Ni]. The van der Waals surface area contributed by atoms with Gasteiger partial charge in [-0.1, -0.05) is 0 Å². The first-order valence-corrected chi connectivity index (χ1v) is 2.35. The Labute approximate surface area is 62.7 Å². The molecule has 0 aliphatic rings. The predicted octanol–water partition coefficient (Wildman–Crippen LogP) is -1.31. The van der Waals surface area contributed by atoms with Gasteiger partial charge in [0.15, 0.2) is 0 Å². The topological polar surface area (TPSA) is 77.8 Å². The second kappa shape index (κ2) is 5.34. The molecule has 0 aromatic heterocycles. The van der Waals surface area contributed by atoms with Crippen LogP contribution in [0.3, 0.4) is 0 Å². The Morgan fingerprint density at radius 3 is 1.14 bits per heavy atom. The molecule has 0 bridgehead atoms. The fourth-order valence-corrected chi connectivity index (χ4v) is 0. The number of hydrogen-bond donors (Lipinski definition) is 3. The van der Waals surface area contributed by atoms with E-state index < -0.39 is 7.82 Å². The Morgan fingerprint density at radius 2 is 1.14 bits per heavy atom. The summed E-state index contributed by atoms with van der Waals surface area (Å²) >= 11 is 0. The van der Waals surface area contributed by atoms with Crippen molar-refractivity contribution in [1.82, 2.24) is 0 Å². The summed E-state index contributed by atoms with van der Waals surface area (Å²) in [5, 5.41) is 0. The minimum atomic E-state index is -4.64. The second-order valence-electron chi connectivity index (χ2n) is 0.513. The standard InChI is InChI=1S/Li.Ni.H3O4P/c;;1-5(2,3)4/h;;(H3,1,2,3,4). The van der Waals surface area contributed by atoms with E-state index >= 15 is 0 Å². The molecule has 4 nitrogen and oxygen atoms in total. The van der Waals surface area contributed by atoms with Gasteiger partial charge in [0.05, 0.1) is 0 Å². The van der Waals surface area contributed by atoms with Crippen molar-refractivity contribution in [2.75, 3.05) is 0 Å². The Morgan fingerprint density at radius 1 is 1.14 bits per heavy atom. The van der Waals surface area contributed by atoms with E-state index in [0.29, 0.717) is 0 Å². The maximum atomic E-state index is 8.88. The van der Waals surface area contributed by atoms with Crippen LogP contribution in [0.15, 0.2) is 0 Å². The van der Waals surface area contributed by atoms with Crippen molar-refractivity contribution in [3.63, 3.8) is 0 Å². The van der Waals surface area contributed by atoms with Crippen LogP contribution in [0.1, 0.15) is 0 Å². The summed E-state index contributed by atoms with van der Waals surface area (Å²) in [6.07, 6.45) is 0. The first-order valence-electron chi connectivity index (χ1n) is 0.783. The third-order valence-electron chi connectivity index (χ3n) is 0. The summed E-state index contributed by atoms with van der Waals surface area (Å²) in [6, 6.07) is 0. The fraction of sp³-hybridized carbons (Fsp3) is 0. The first-order chi connectivity index (χ1) is 2.00. The van der Waals surface area contributed by atoms with Gasteiger partial charge in [0.1, 0.15) is 0 Å². The maximum absolute atomic E-state index is 8.88. The van der Waals surface area contributed by atoms with Gasteiger partial charge >= 0.3 is 7.82 Å². The third-order valence-corrected chi connectivity index (χ3v) is 0. The summed E-state index contributed by atoms with van der Waals surface area (Å²) in [5.74, 6) is 0. The van der Waals surface area contributed by atoms with Gasteiger partial charge in [-0.05, 0) is 0 Å². The Hall–Kier alpha value is 1.20. The van der Waals surface area contributed by atoms with Gasteiger partial charge in [-0.3, -0.25) is 0 Å². The molecule has 1 radical (unpaired) electrons. The van der Waals surface area contributed by atoms with Crippen LogP contribution in [-0.4, -0.2) is 33.5 Å². The van der Waals surface area contributed by atoms with Crippen molar-refractivity contribution in [3.05, 3.63) is 0 Å². The smallest absolute Gasteiger partial charge is 0.303 e. The van der Waals surface area contributed by atoms with Crippen LogP contribution in [0, 0.1) is 0 Å². The molecule has 7 heteroatoms. The Balaban J connectivity index is -0.0000000800. The minimum Gasteiger partial charge on any atom is -0.303 e. The van der Waals surface area contributed by atoms with Crippen molar-refractivity contribution >= 4 is 26.7 Å². The Bertz CT molecular complexity index is 57.8. The molecule has 7 heavy (non-hydrogen) atoms. The number of phosphoric acid groups is 1. The molecule has 0 saturated heterocycles. The molecule has 0 amide bonds. The summed E-state index contributed by atoms with van der Waals surface area (Å²) < 4.78 is 8.88.